The van der Waals surface area contributed by atoms with E-state index in [0.717, 1.165) is 5.56 Å². The molecule has 0 radical (unpaired) electrons. The number of amides is 1. The number of aromatic carboxylic acids is 1. The standard InChI is InChI=1S/C18H14N4O3/c23-17(16-10-15(20-21-16)13-4-2-1-3-5-13)22-19-11-12-6-8-14(9-7-12)18(24)25/h1-11H,(H,20,21)(H,22,23)(H,24,25)/b19-11-. The average Bonchev–Trinajstić information content (AvgIpc) is 3.13. The van der Waals surface area contributed by atoms with E-state index in [1.807, 2.05) is 30.3 Å². The number of carboxylic acid groups (broad SMARTS) is 1. The Kier molecular flexibility index (Phi) is 4.66. The molecule has 0 bridgehead atoms. The molecule has 0 saturated heterocycles. The van der Waals surface area contributed by atoms with Gasteiger partial charge in [-0.15, -0.1) is 0 Å². The van der Waals surface area contributed by atoms with Gasteiger partial charge >= 0.3 is 5.97 Å². The summed E-state index contributed by atoms with van der Waals surface area (Å²) in [6, 6.07) is 17.3. The molecular formula is C18H14N4O3. The maximum atomic E-state index is 12.0. The lowest BCUT2D eigenvalue weighted by Crippen LogP contribution is -2.18. The van der Waals surface area contributed by atoms with Gasteiger partial charge in [0.05, 0.1) is 17.5 Å². The summed E-state index contributed by atoms with van der Waals surface area (Å²) >= 11 is 0. The monoisotopic (exact) mass is 334 g/mol. The van der Waals surface area contributed by atoms with E-state index < -0.39 is 11.9 Å². The van der Waals surface area contributed by atoms with E-state index in [-0.39, 0.29) is 11.3 Å². The molecular weight excluding hydrogens is 320 g/mol. The summed E-state index contributed by atoms with van der Waals surface area (Å²) in [6.45, 7) is 0. The fourth-order valence-corrected chi connectivity index (χ4v) is 2.13. The first-order valence-electron chi connectivity index (χ1n) is 7.41. The van der Waals surface area contributed by atoms with Crippen molar-refractivity contribution >= 4 is 18.1 Å². The van der Waals surface area contributed by atoms with Crippen LogP contribution in [0.1, 0.15) is 26.4 Å². The SMILES string of the molecule is O=C(O)c1ccc(/C=N\NC(=O)c2cc(-c3ccccc3)n[nH]2)cc1. The van der Waals surface area contributed by atoms with Crippen LogP contribution in [0.5, 0.6) is 0 Å². The van der Waals surface area contributed by atoms with Crippen LogP contribution in [-0.4, -0.2) is 33.4 Å². The Morgan fingerprint density at radius 1 is 1.08 bits per heavy atom. The van der Waals surface area contributed by atoms with Gasteiger partial charge in [-0.1, -0.05) is 42.5 Å². The van der Waals surface area contributed by atoms with Crippen LogP contribution in [0.4, 0.5) is 0 Å². The Hall–Kier alpha value is -3.74. The molecule has 0 atom stereocenters. The number of aromatic amines is 1. The van der Waals surface area contributed by atoms with Gasteiger partial charge in [0, 0.05) is 5.56 Å². The second kappa shape index (κ2) is 7.22. The molecule has 3 rings (SSSR count). The highest BCUT2D eigenvalue weighted by atomic mass is 16.4. The van der Waals surface area contributed by atoms with Crippen LogP contribution in [-0.2, 0) is 0 Å². The van der Waals surface area contributed by atoms with Crippen LogP contribution in [0.2, 0.25) is 0 Å². The van der Waals surface area contributed by atoms with Gasteiger partial charge in [0.25, 0.3) is 5.91 Å². The Bertz CT molecular complexity index is 915. The van der Waals surface area contributed by atoms with Crippen LogP contribution in [0.25, 0.3) is 11.3 Å². The number of hydrogen-bond acceptors (Lipinski definition) is 4. The number of aromatic nitrogens is 2. The van der Waals surface area contributed by atoms with Gasteiger partial charge in [-0.2, -0.15) is 10.2 Å². The highest BCUT2D eigenvalue weighted by molar-refractivity contribution is 5.94. The summed E-state index contributed by atoms with van der Waals surface area (Å²) in [5, 5.41) is 19.5. The summed E-state index contributed by atoms with van der Waals surface area (Å²) < 4.78 is 0. The molecule has 0 fully saturated rings. The number of nitrogens with one attached hydrogen (secondary N) is 2. The van der Waals surface area contributed by atoms with Crippen molar-refractivity contribution in [1.29, 1.82) is 0 Å². The van der Waals surface area contributed by atoms with E-state index in [4.69, 9.17) is 5.11 Å². The molecule has 3 aromatic rings. The largest absolute Gasteiger partial charge is 0.478 e. The molecule has 1 heterocycles. The van der Waals surface area contributed by atoms with Crippen LogP contribution in [0, 0.1) is 0 Å². The maximum Gasteiger partial charge on any atom is 0.335 e. The number of carbonyl (C=O) groups excluding carboxylic acids is 1. The van der Waals surface area contributed by atoms with Crippen molar-refractivity contribution in [3.63, 3.8) is 0 Å². The third-order valence-corrected chi connectivity index (χ3v) is 3.43. The number of H-pyrrole nitrogens is 1. The predicted octanol–water partition coefficient (Wildman–Crippen LogP) is 2.54. The van der Waals surface area contributed by atoms with E-state index in [1.54, 1.807) is 18.2 Å². The smallest absolute Gasteiger partial charge is 0.335 e. The lowest BCUT2D eigenvalue weighted by molar-refractivity contribution is 0.0696. The third kappa shape index (κ3) is 3.97. The summed E-state index contributed by atoms with van der Waals surface area (Å²) in [4.78, 5) is 22.8. The first-order chi connectivity index (χ1) is 12.1. The van der Waals surface area contributed by atoms with Crippen LogP contribution >= 0.6 is 0 Å². The van der Waals surface area contributed by atoms with Gasteiger partial charge in [-0.05, 0) is 23.8 Å². The van der Waals surface area contributed by atoms with Crippen molar-refractivity contribution in [2.24, 2.45) is 5.10 Å². The van der Waals surface area contributed by atoms with Gasteiger partial charge < -0.3 is 5.11 Å². The molecule has 25 heavy (non-hydrogen) atoms. The summed E-state index contributed by atoms with van der Waals surface area (Å²) in [5.74, 6) is -1.42. The molecule has 124 valence electrons. The molecule has 0 aliphatic heterocycles. The number of carboxylic acids is 1. The van der Waals surface area contributed by atoms with E-state index in [9.17, 15) is 9.59 Å². The zero-order valence-electron chi connectivity index (χ0n) is 13.0. The third-order valence-electron chi connectivity index (χ3n) is 3.43. The van der Waals surface area contributed by atoms with E-state index >= 15 is 0 Å². The molecule has 0 saturated carbocycles. The van der Waals surface area contributed by atoms with Crippen LogP contribution < -0.4 is 5.43 Å². The number of benzene rings is 2. The number of nitrogens with zero attached hydrogens (tertiary/aromatic N) is 2. The minimum absolute atomic E-state index is 0.187. The molecule has 7 nitrogen and oxygen atoms in total. The lowest BCUT2D eigenvalue weighted by atomic mass is 10.1. The quantitative estimate of drug-likeness (QED) is 0.492. The number of hydrogen-bond donors (Lipinski definition) is 3. The summed E-state index contributed by atoms with van der Waals surface area (Å²) in [7, 11) is 0. The van der Waals surface area contributed by atoms with Crippen molar-refractivity contribution < 1.29 is 14.7 Å². The van der Waals surface area contributed by atoms with Gasteiger partial charge in [-0.3, -0.25) is 9.89 Å². The molecule has 0 spiro atoms. The zero-order valence-corrected chi connectivity index (χ0v) is 13.0. The van der Waals surface area contributed by atoms with Crippen molar-refractivity contribution in [2.75, 3.05) is 0 Å². The highest BCUT2D eigenvalue weighted by Gasteiger charge is 2.10. The molecule has 2 aromatic carbocycles. The lowest BCUT2D eigenvalue weighted by Gasteiger charge is -1.97. The van der Waals surface area contributed by atoms with E-state index in [2.05, 4.69) is 20.7 Å². The van der Waals surface area contributed by atoms with Gasteiger partial charge in [-0.25, -0.2) is 10.2 Å². The molecule has 1 aromatic heterocycles. The predicted molar refractivity (Wildman–Crippen MR) is 92.5 cm³/mol. The van der Waals surface area contributed by atoms with E-state index in [1.165, 1.54) is 18.3 Å². The minimum atomic E-state index is -0.995. The van der Waals surface area contributed by atoms with Crippen molar-refractivity contribution in [3.05, 3.63) is 77.5 Å². The molecule has 7 heteroatoms. The first-order valence-corrected chi connectivity index (χ1v) is 7.41. The van der Waals surface area contributed by atoms with Crippen LogP contribution in [0.15, 0.2) is 65.8 Å². The molecule has 3 N–H and O–H groups in total. The second-order valence-electron chi connectivity index (χ2n) is 5.16. The van der Waals surface area contributed by atoms with Crippen molar-refractivity contribution in [1.82, 2.24) is 15.6 Å². The fourth-order valence-electron chi connectivity index (χ4n) is 2.13. The molecule has 0 aliphatic rings. The fraction of sp³-hybridized carbons (Fsp3) is 0. The molecule has 0 aliphatic carbocycles. The van der Waals surface area contributed by atoms with Gasteiger partial charge in [0.2, 0.25) is 0 Å². The second-order valence-corrected chi connectivity index (χ2v) is 5.16. The minimum Gasteiger partial charge on any atom is -0.478 e. The first kappa shape index (κ1) is 16.1. The van der Waals surface area contributed by atoms with Gasteiger partial charge in [0.1, 0.15) is 5.69 Å². The Morgan fingerprint density at radius 2 is 1.80 bits per heavy atom. The van der Waals surface area contributed by atoms with Gasteiger partial charge in [0.15, 0.2) is 0 Å². The summed E-state index contributed by atoms with van der Waals surface area (Å²) in [5.41, 5.74) is 5.10. The topological polar surface area (TPSA) is 107 Å². The number of rotatable bonds is 5. The number of carbonyl (C=O) groups is 2. The van der Waals surface area contributed by atoms with Crippen LogP contribution in [0.3, 0.4) is 0 Å². The van der Waals surface area contributed by atoms with E-state index in [0.29, 0.717) is 11.3 Å². The molecule has 0 unspecified atom stereocenters. The number of hydrazone groups is 1. The summed E-state index contributed by atoms with van der Waals surface area (Å²) in [6.07, 6.45) is 1.43. The maximum absolute atomic E-state index is 12.0. The van der Waals surface area contributed by atoms with Crippen molar-refractivity contribution in [3.8, 4) is 11.3 Å². The highest BCUT2D eigenvalue weighted by Crippen LogP contribution is 2.16. The zero-order chi connectivity index (χ0) is 17.6. The molecule has 1 amide bonds. The Labute approximate surface area is 143 Å². The Morgan fingerprint density at radius 3 is 2.48 bits per heavy atom. The average molecular weight is 334 g/mol. The Balaban J connectivity index is 1.63. The van der Waals surface area contributed by atoms with Crippen molar-refractivity contribution in [2.45, 2.75) is 0 Å². The normalized spacial score (nSPS) is 10.7.